The van der Waals surface area contributed by atoms with E-state index >= 15 is 0 Å². The molecule has 1 atom stereocenters. The minimum Gasteiger partial charge on any atom is -0.497 e. The first-order valence-electron chi connectivity index (χ1n) is 12.8. The monoisotopic (exact) mass is 498 g/mol. The fourth-order valence-electron chi connectivity index (χ4n) is 4.99. The first-order chi connectivity index (χ1) is 18.1. The van der Waals surface area contributed by atoms with Crippen LogP contribution in [0, 0.1) is 0 Å². The van der Waals surface area contributed by atoms with Crippen LogP contribution in [-0.4, -0.2) is 73.4 Å². The van der Waals surface area contributed by atoms with Gasteiger partial charge < -0.3 is 9.47 Å². The zero-order valence-electron chi connectivity index (χ0n) is 21.5. The van der Waals surface area contributed by atoms with Crippen LogP contribution >= 0.6 is 0 Å². The summed E-state index contributed by atoms with van der Waals surface area (Å²) < 4.78 is 10.6. The van der Waals surface area contributed by atoms with E-state index in [1.165, 1.54) is 5.56 Å². The van der Waals surface area contributed by atoms with Crippen LogP contribution in [0.1, 0.15) is 29.2 Å². The van der Waals surface area contributed by atoms with Crippen molar-refractivity contribution in [2.75, 3.05) is 46.9 Å². The third-order valence-corrected chi connectivity index (χ3v) is 7.16. The molecule has 0 N–H and O–H groups in total. The van der Waals surface area contributed by atoms with Gasteiger partial charge in [-0.15, -0.1) is 0 Å². The molecule has 5 rings (SSSR count). The lowest BCUT2D eigenvalue weighted by molar-refractivity contribution is -0.134. The molecule has 2 heterocycles. The van der Waals surface area contributed by atoms with Crippen LogP contribution in [0.15, 0.2) is 84.0 Å². The SMILES string of the molecule is COc1ccc(C2=NN(C(=O)CN3CCN(Cc4ccccc4)CC3)C(c3ccc(OC)cc3)C2)cc1. The molecule has 0 aliphatic carbocycles. The van der Waals surface area contributed by atoms with Crippen molar-refractivity contribution in [2.45, 2.75) is 19.0 Å². The normalized spacial score (nSPS) is 18.5. The highest BCUT2D eigenvalue weighted by atomic mass is 16.5. The van der Waals surface area contributed by atoms with Gasteiger partial charge in [0, 0.05) is 39.1 Å². The van der Waals surface area contributed by atoms with Gasteiger partial charge >= 0.3 is 0 Å². The van der Waals surface area contributed by atoms with E-state index in [-0.39, 0.29) is 11.9 Å². The van der Waals surface area contributed by atoms with E-state index in [0.29, 0.717) is 13.0 Å². The summed E-state index contributed by atoms with van der Waals surface area (Å²) in [6, 6.07) is 26.2. The number of hydrogen-bond donors (Lipinski definition) is 0. The van der Waals surface area contributed by atoms with Gasteiger partial charge in [0.2, 0.25) is 0 Å². The molecule has 1 saturated heterocycles. The predicted octanol–water partition coefficient (Wildman–Crippen LogP) is 4.20. The number of hydrogen-bond acceptors (Lipinski definition) is 6. The maximum atomic E-state index is 13.6. The molecule has 1 unspecified atom stereocenters. The molecular weight excluding hydrogens is 464 g/mol. The van der Waals surface area contributed by atoms with Crippen molar-refractivity contribution in [1.29, 1.82) is 0 Å². The highest BCUT2D eigenvalue weighted by Crippen LogP contribution is 2.34. The van der Waals surface area contributed by atoms with E-state index in [9.17, 15) is 4.79 Å². The molecular formula is C30H34N4O3. The van der Waals surface area contributed by atoms with Gasteiger partial charge in [0.1, 0.15) is 11.5 Å². The molecule has 0 spiro atoms. The molecule has 3 aromatic carbocycles. The van der Waals surface area contributed by atoms with Crippen molar-refractivity contribution in [2.24, 2.45) is 5.10 Å². The third-order valence-electron chi connectivity index (χ3n) is 7.16. The second-order valence-corrected chi connectivity index (χ2v) is 9.54. The Morgan fingerprint density at radius 2 is 1.41 bits per heavy atom. The number of nitrogens with zero attached hydrogens (tertiary/aromatic N) is 4. The van der Waals surface area contributed by atoms with E-state index in [4.69, 9.17) is 14.6 Å². The van der Waals surface area contributed by atoms with Crippen LogP contribution in [0.3, 0.4) is 0 Å². The van der Waals surface area contributed by atoms with Gasteiger partial charge in [0.25, 0.3) is 5.91 Å². The number of benzene rings is 3. The van der Waals surface area contributed by atoms with Crippen LogP contribution < -0.4 is 9.47 Å². The number of hydrazone groups is 1. The van der Waals surface area contributed by atoms with Crippen molar-refractivity contribution in [3.8, 4) is 11.5 Å². The third kappa shape index (κ3) is 6.01. The average molecular weight is 499 g/mol. The number of rotatable bonds is 8. The number of carbonyl (C=O) groups excluding carboxylic acids is 1. The largest absolute Gasteiger partial charge is 0.497 e. The molecule has 7 heteroatoms. The number of methoxy groups -OCH3 is 2. The van der Waals surface area contributed by atoms with Crippen molar-refractivity contribution in [3.05, 3.63) is 95.6 Å². The van der Waals surface area contributed by atoms with E-state index < -0.39 is 0 Å². The molecule has 0 aromatic heterocycles. The molecule has 3 aromatic rings. The van der Waals surface area contributed by atoms with Gasteiger partial charge in [0.05, 0.1) is 32.5 Å². The van der Waals surface area contributed by atoms with Crippen LogP contribution in [0.4, 0.5) is 0 Å². The Morgan fingerprint density at radius 1 is 0.811 bits per heavy atom. The van der Waals surface area contributed by atoms with E-state index in [0.717, 1.165) is 61.1 Å². The fourth-order valence-corrected chi connectivity index (χ4v) is 4.99. The van der Waals surface area contributed by atoms with Gasteiger partial charge in [-0.05, 0) is 53.1 Å². The van der Waals surface area contributed by atoms with Gasteiger partial charge in [-0.3, -0.25) is 14.6 Å². The fraction of sp³-hybridized carbons (Fsp3) is 0.333. The topological polar surface area (TPSA) is 57.6 Å². The Labute approximate surface area is 218 Å². The highest BCUT2D eigenvalue weighted by Gasteiger charge is 2.34. The van der Waals surface area contributed by atoms with Crippen molar-refractivity contribution in [1.82, 2.24) is 14.8 Å². The molecule has 1 amide bonds. The summed E-state index contributed by atoms with van der Waals surface area (Å²) in [6.45, 7) is 4.95. The lowest BCUT2D eigenvalue weighted by Crippen LogP contribution is -2.49. The number of amides is 1. The lowest BCUT2D eigenvalue weighted by Gasteiger charge is -2.35. The molecule has 0 radical (unpaired) electrons. The molecule has 0 saturated carbocycles. The minimum atomic E-state index is -0.144. The van der Waals surface area contributed by atoms with Crippen LogP contribution in [0.25, 0.3) is 0 Å². The Bertz CT molecular complexity index is 1200. The highest BCUT2D eigenvalue weighted by molar-refractivity contribution is 6.03. The maximum Gasteiger partial charge on any atom is 0.257 e. The summed E-state index contributed by atoms with van der Waals surface area (Å²) in [4.78, 5) is 18.3. The van der Waals surface area contributed by atoms with E-state index in [2.05, 4.69) is 34.1 Å². The van der Waals surface area contributed by atoms with Crippen LogP contribution in [-0.2, 0) is 11.3 Å². The van der Waals surface area contributed by atoms with Crippen molar-refractivity contribution in [3.63, 3.8) is 0 Å². The molecule has 37 heavy (non-hydrogen) atoms. The minimum absolute atomic E-state index is 0.0286. The summed E-state index contributed by atoms with van der Waals surface area (Å²) in [5.74, 6) is 1.62. The van der Waals surface area contributed by atoms with Gasteiger partial charge in [0.15, 0.2) is 0 Å². The predicted molar refractivity (Wildman–Crippen MR) is 145 cm³/mol. The summed E-state index contributed by atoms with van der Waals surface area (Å²) in [5.41, 5.74) is 4.29. The van der Waals surface area contributed by atoms with Gasteiger partial charge in [-0.1, -0.05) is 42.5 Å². The van der Waals surface area contributed by atoms with Crippen LogP contribution in [0.2, 0.25) is 0 Å². The quantitative estimate of drug-likeness (QED) is 0.466. The van der Waals surface area contributed by atoms with Crippen molar-refractivity contribution >= 4 is 11.6 Å². The van der Waals surface area contributed by atoms with Crippen molar-refractivity contribution < 1.29 is 14.3 Å². The summed E-state index contributed by atoms with van der Waals surface area (Å²) in [5, 5.41) is 6.53. The Kier molecular flexibility index (Phi) is 7.82. The second-order valence-electron chi connectivity index (χ2n) is 9.54. The Hall–Kier alpha value is -3.68. The summed E-state index contributed by atoms with van der Waals surface area (Å²) in [7, 11) is 3.31. The standard InChI is InChI=1S/C30H34N4O3/c1-36-26-12-8-24(9-13-26)28-20-29(25-10-14-27(37-2)15-11-25)34(31-28)30(35)22-33-18-16-32(17-19-33)21-23-6-4-3-5-7-23/h3-15,29H,16-22H2,1-2H3. The number of carbonyl (C=O) groups is 1. The smallest absolute Gasteiger partial charge is 0.257 e. The van der Waals surface area contributed by atoms with Crippen LogP contribution in [0.5, 0.6) is 11.5 Å². The summed E-state index contributed by atoms with van der Waals surface area (Å²) >= 11 is 0. The van der Waals surface area contributed by atoms with E-state index in [1.54, 1.807) is 19.2 Å². The molecule has 1 fully saturated rings. The molecule has 2 aliphatic heterocycles. The van der Waals surface area contributed by atoms with E-state index in [1.807, 2.05) is 54.6 Å². The second kappa shape index (κ2) is 11.6. The zero-order valence-corrected chi connectivity index (χ0v) is 21.5. The van der Waals surface area contributed by atoms with Gasteiger partial charge in [-0.2, -0.15) is 5.10 Å². The summed E-state index contributed by atoms with van der Waals surface area (Å²) in [6.07, 6.45) is 0.662. The molecule has 192 valence electrons. The first-order valence-corrected chi connectivity index (χ1v) is 12.8. The average Bonchev–Trinajstić information content (AvgIpc) is 3.40. The Balaban J connectivity index is 1.27. The number of ether oxygens (including phenoxy) is 2. The molecule has 0 bridgehead atoms. The lowest BCUT2D eigenvalue weighted by atomic mass is 9.98. The maximum absolute atomic E-state index is 13.6. The Morgan fingerprint density at radius 3 is 2.03 bits per heavy atom. The number of piperazine rings is 1. The first kappa shape index (κ1) is 25.0. The molecule has 2 aliphatic rings. The molecule has 7 nitrogen and oxygen atoms in total. The van der Waals surface area contributed by atoms with Gasteiger partial charge in [-0.25, -0.2) is 5.01 Å². The zero-order chi connectivity index (χ0) is 25.6.